The van der Waals surface area contributed by atoms with E-state index in [1.54, 1.807) is 6.33 Å². The monoisotopic (exact) mass is 266 g/mol. The molecule has 0 spiro atoms. The fraction of sp³-hybridized carbons (Fsp3) is 0.857. The predicted octanol–water partition coefficient (Wildman–Crippen LogP) is 1.46. The smallest absolute Gasteiger partial charge is 0.129 e. The molecular formula is C14H26N4O. The summed E-state index contributed by atoms with van der Waals surface area (Å²) in [5.41, 5.74) is 0.134. The Morgan fingerprint density at radius 3 is 2.89 bits per heavy atom. The van der Waals surface area contributed by atoms with Gasteiger partial charge in [0.15, 0.2) is 0 Å². The standard InChI is InChI=1S/C14H26N4O/c1-3-5-14(11-19)6-4-7-17(10-14)8-9-18-12-15-16-13(18)2/h12,19H,3-11H2,1-2H3. The summed E-state index contributed by atoms with van der Waals surface area (Å²) >= 11 is 0. The Hall–Kier alpha value is -0.940. The van der Waals surface area contributed by atoms with Gasteiger partial charge in [-0.15, -0.1) is 10.2 Å². The highest BCUT2D eigenvalue weighted by atomic mass is 16.3. The van der Waals surface area contributed by atoms with Crippen molar-refractivity contribution in [3.8, 4) is 0 Å². The van der Waals surface area contributed by atoms with Crippen molar-refractivity contribution in [2.24, 2.45) is 5.41 Å². The molecule has 1 aromatic rings. The second-order valence-corrected chi connectivity index (χ2v) is 5.86. The third-order valence-corrected chi connectivity index (χ3v) is 4.32. The Morgan fingerprint density at radius 2 is 2.26 bits per heavy atom. The number of hydrogen-bond donors (Lipinski definition) is 1. The first-order valence-corrected chi connectivity index (χ1v) is 7.37. The summed E-state index contributed by atoms with van der Waals surface area (Å²) in [4.78, 5) is 2.48. The van der Waals surface area contributed by atoms with Crippen LogP contribution in [-0.2, 0) is 6.54 Å². The molecule has 0 radical (unpaired) electrons. The maximum absolute atomic E-state index is 9.73. The van der Waals surface area contributed by atoms with Gasteiger partial charge in [-0.1, -0.05) is 13.3 Å². The maximum atomic E-state index is 9.73. The zero-order valence-electron chi connectivity index (χ0n) is 12.2. The lowest BCUT2D eigenvalue weighted by Crippen LogP contribution is -2.46. The molecule has 1 saturated heterocycles. The highest BCUT2D eigenvalue weighted by Crippen LogP contribution is 2.34. The normalized spacial score (nSPS) is 24.8. The first-order valence-electron chi connectivity index (χ1n) is 7.37. The molecule has 1 fully saturated rings. The second-order valence-electron chi connectivity index (χ2n) is 5.86. The second kappa shape index (κ2) is 6.48. The van der Waals surface area contributed by atoms with Crippen molar-refractivity contribution in [1.29, 1.82) is 0 Å². The minimum atomic E-state index is 0.134. The lowest BCUT2D eigenvalue weighted by atomic mass is 9.77. The summed E-state index contributed by atoms with van der Waals surface area (Å²) in [5, 5.41) is 17.7. The molecule has 108 valence electrons. The Morgan fingerprint density at radius 1 is 1.42 bits per heavy atom. The van der Waals surface area contributed by atoms with Crippen LogP contribution >= 0.6 is 0 Å². The summed E-state index contributed by atoms with van der Waals surface area (Å²) in [6.07, 6.45) is 6.44. The molecule has 1 atom stereocenters. The molecule has 2 rings (SSSR count). The highest BCUT2D eigenvalue weighted by molar-refractivity contribution is 4.87. The van der Waals surface area contributed by atoms with Crippen molar-refractivity contribution in [2.45, 2.75) is 46.1 Å². The largest absolute Gasteiger partial charge is 0.396 e. The lowest BCUT2D eigenvalue weighted by Gasteiger charge is -2.42. The van der Waals surface area contributed by atoms with Crippen LogP contribution < -0.4 is 0 Å². The number of nitrogens with zero attached hydrogens (tertiary/aromatic N) is 4. The van der Waals surface area contributed by atoms with Crippen molar-refractivity contribution in [3.05, 3.63) is 12.2 Å². The van der Waals surface area contributed by atoms with E-state index in [4.69, 9.17) is 0 Å². The summed E-state index contributed by atoms with van der Waals surface area (Å²) in [6, 6.07) is 0. The number of aliphatic hydroxyl groups is 1. The van der Waals surface area contributed by atoms with Gasteiger partial charge in [-0.05, 0) is 32.7 Å². The van der Waals surface area contributed by atoms with Gasteiger partial charge in [-0.2, -0.15) is 0 Å². The maximum Gasteiger partial charge on any atom is 0.129 e. The van der Waals surface area contributed by atoms with E-state index < -0.39 is 0 Å². The number of aryl methyl sites for hydroxylation is 1. The molecule has 0 saturated carbocycles. The fourth-order valence-electron chi connectivity index (χ4n) is 3.22. The van der Waals surface area contributed by atoms with Gasteiger partial charge in [-0.25, -0.2) is 0 Å². The quantitative estimate of drug-likeness (QED) is 0.847. The minimum Gasteiger partial charge on any atom is -0.396 e. The number of rotatable bonds is 6. The number of likely N-dealkylation sites (tertiary alicyclic amines) is 1. The van der Waals surface area contributed by atoms with Crippen molar-refractivity contribution >= 4 is 0 Å². The molecule has 0 aromatic carbocycles. The van der Waals surface area contributed by atoms with Crippen molar-refractivity contribution in [3.63, 3.8) is 0 Å². The number of aliphatic hydroxyl groups excluding tert-OH is 1. The summed E-state index contributed by atoms with van der Waals surface area (Å²) in [7, 11) is 0. The van der Waals surface area contributed by atoms with Gasteiger partial charge in [0.05, 0.1) is 0 Å². The first-order chi connectivity index (χ1) is 9.19. The van der Waals surface area contributed by atoms with Crippen molar-refractivity contribution < 1.29 is 5.11 Å². The third-order valence-electron chi connectivity index (χ3n) is 4.32. The van der Waals surface area contributed by atoms with E-state index >= 15 is 0 Å². The zero-order chi connectivity index (χ0) is 13.7. The van der Waals surface area contributed by atoms with E-state index in [1.807, 2.05) is 6.92 Å². The summed E-state index contributed by atoms with van der Waals surface area (Å²) in [5.74, 6) is 0.971. The molecule has 5 heteroatoms. The Bertz CT molecular complexity index is 389. The third kappa shape index (κ3) is 3.54. The van der Waals surface area contributed by atoms with Gasteiger partial charge in [0, 0.05) is 31.7 Å². The van der Waals surface area contributed by atoms with Crippen molar-refractivity contribution in [2.75, 3.05) is 26.2 Å². The fourth-order valence-corrected chi connectivity index (χ4v) is 3.22. The van der Waals surface area contributed by atoms with E-state index in [2.05, 4.69) is 26.6 Å². The number of hydrogen-bond acceptors (Lipinski definition) is 4. The van der Waals surface area contributed by atoms with Crippen LogP contribution in [0.2, 0.25) is 0 Å². The molecule has 2 heterocycles. The van der Waals surface area contributed by atoms with Crippen LogP contribution in [0, 0.1) is 12.3 Å². The van der Waals surface area contributed by atoms with E-state index in [-0.39, 0.29) is 5.41 Å². The van der Waals surface area contributed by atoms with E-state index in [9.17, 15) is 5.11 Å². The molecule has 1 aliphatic heterocycles. The highest BCUT2D eigenvalue weighted by Gasteiger charge is 2.33. The molecular weight excluding hydrogens is 240 g/mol. The van der Waals surface area contributed by atoms with Gasteiger partial charge in [0.2, 0.25) is 0 Å². The SMILES string of the molecule is CCCC1(CO)CCCN(CCn2cnnc2C)C1. The molecule has 1 aliphatic rings. The van der Waals surface area contributed by atoms with Crippen LogP contribution in [0.1, 0.15) is 38.4 Å². The molecule has 5 nitrogen and oxygen atoms in total. The Labute approximate surface area is 115 Å². The average Bonchev–Trinajstić information content (AvgIpc) is 2.83. The Kier molecular flexibility index (Phi) is 4.93. The minimum absolute atomic E-state index is 0.134. The molecule has 1 N–H and O–H groups in total. The average molecular weight is 266 g/mol. The molecule has 1 unspecified atom stereocenters. The first kappa shape index (κ1) is 14.5. The predicted molar refractivity (Wildman–Crippen MR) is 74.9 cm³/mol. The molecule has 0 amide bonds. The van der Waals surface area contributed by atoms with Crippen LogP contribution in [0.3, 0.4) is 0 Å². The van der Waals surface area contributed by atoms with E-state index in [0.29, 0.717) is 6.61 Å². The number of piperidine rings is 1. The molecule has 19 heavy (non-hydrogen) atoms. The molecule has 1 aromatic heterocycles. The van der Waals surface area contributed by atoms with Crippen LogP contribution in [0.15, 0.2) is 6.33 Å². The van der Waals surface area contributed by atoms with Gasteiger partial charge in [0.25, 0.3) is 0 Å². The van der Waals surface area contributed by atoms with Crippen molar-refractivity contribution in [1.82, 2.24) is 19.7 Å². The summed E-state index contributed by atoms with van der Waals surface area (Å²) in [6.45, 7) is 8.64. The topological polar surface area (TPSA) is 54.2 Å². The number of aromatic nitrogens is 3. The van der Waals surface area contributed by atoms with Crippen LogP contribution in [0.25, 0.3) is 0 Å². The van der Waals surface area contributed by atoms with E-state index in [1.165, 1.54) is 12.8 Å². The summed E-state index contributed by atoms with van der Waals surface area (Å²) < 4.78 is 2.09. The molecule has 0 aliphatic carbocycles. The van der Waals surface area contributed by atoms with Gasteiger partial charge in [-0.3, -0.25) is 0 Å². The van der Waals surface area contributed by atoms with Crippen LogP contribution in [-0.4, -0.2) is 51.0 Å². The van der Waals surface area contributed by atoms with Gasteiger partial charge in [0.1, 0.15) is 12.2 Å². The molecule has 0 bridgehead atoms. The Balaban J connectivity index is 1.89. The van der Waals surface area contributed by atoms with Crippen LogP contribution in [0.4, 0.5) is 0 Å². The lowest BCUT2D eigenvalue weighted by molar-refractivity contribution is 0.0237. The van der Waals surface area contributed by atoms with E-state index in [0.717, 1.165) is 44.8 Å². The van der Waals surface area contributed by atoms with Gasteiger partial charge >= 0.3 is 0 Å². The van der Waals surface area contributed by atoms with Gasteiger partial charge < -0.3 is 14.6 Å². The van der Waals surface area contributed by atoms with Crippen LogP contribution in [0.5, 0.6) is 0 Å². The zero-order valence-corrected chi connectivity index (χ0v) is 12.2.